The van der Waals surface area contributed by atoms with Gasteiger partial charge in [0, 0.05) is 0 Å². The van der Waals surface area contributed by atoms with Crippen molar-refractivity contribution in [3.8, 4) is 0 Å². The Bertz CT molecular complexity index is 243. The topological polar surface area (TPSA) is 89.6 Å². The normalized spacial score (nSPS) is 14.1. The van der Waals surface area contributed by atoms with Crippen LogP contribution in [0.5, 0.6) is 0 Å². The van der Waals surface area contributed by atoms with Gasteiger partial charge in [-0.2, -0.15) is 0 Å². The van der Waals surface area contributed by atoms with E-state index < -0.39 is 18.0 Å². The molecule has 0 bridgehead atoms. The highest BCUT2D eigenvalue weighted by atomic mass is 16.5. The van der Waals surface area contributed by atoms with Crippen LogP contribution in [-0.4, -0.2) is 29.7 Å². The van der Waals surface area contributed by atoms with Crippen LogP contribution in [0.3, 0.4) is 0 Å². The van der Waals surface area contributed by atoms with E-state index in [1.807, 2.05) is 6.92 Å². The Morgan fingerprint density at radius 1 is 1.35 bits per heavy atom. The number of carboxylic acids is 1. The third-order valence-corrected chi connectivity index (χ3v) is 2.70. The maximum atomic E-state index is 11.4. The molecule has 5 heteroatoms. The molecule has 17 heavy (non-hydrogen) atoms. The Balaban J connectivity index is 3.90. The number of hydrogen-bond donors (Lipinski definition) is 2. The average molecular weight is 245 g/mol. The highest BCUT2D eigenvalue weighted by Crippen LogP contribution is 2.13. The standard InChI is InChI=1S/C12H23NO4/c1-3-5-6-9(4-2)8-17-12(16)10(13)7-11(14)15/h9-10H,3-8,13H2,1-2H3,(H,14,15)/t9?,10-/m0/s1. The van der Waals surface area contributed by atoms with E-state index in [0.29, 0.717) is 12.5 Å². The van der Waals surface area contributed by atoms with Crippen molar-refractivity contribution in [3.63, 3.8) is 0 Å². The molecule has 5 nitrogen and oxygen atoms in total. The molecule has 0 aliphatic carbocycles. The molecular formula is C12H23NO4. The minimum Gasteiger partial charge on any atom is -0.481 e. The third-order valence-electron chi connectivity index (χ3n) is 2.70. The highest BCUT2D eigenvalue weighted by molar-refractivity contribution is 5.81. The van der Waals surface area contributed by atoms with Crippen molar-refractivity contribution < 1.29 is 19.4 Å². The average Bonchev–Trinajstić information content (AvgIpc) is 2.28. The van der Waals surface area contributed by atoms with Gasteiger partial charge in [-0.1, -0.05) is 33.1 Å². The predicted octanol–water partition coefficient (Wildman–Crippen LogP) is 1.55. The molecule has 0 aromatic rings. The zero-order chi connectivity index (χ0) is 13.3. The van der Waals surface area contributed by atoms with Gasteiger partial charge in [0.1, 0.15) is 6.04 Å². The largest absolute Gasteiger partial charge is 0.481 e. The minimum absolute atomic E-state index is 0.336. The molecule has 0 aliphatic heterocycles. The molecular weight excluding hydrogens is 222 g/mol. The van der Waals surface area contributed by atoms with Crippen LogP contribution >= 0.6 is 0 Å². The summed E-state index contributed by atoms with van der Waals surface area (Å²) in [5.74, 6) is -1.37. The number of hydrogen-bond acceptors (Lipinski definition) is 4. The minimum atomic E-state index is -1.09. The van der Waals surface area contributed by atoms with Crippen LogP contribution in [-0.2, 0) is 14.3 Å². The van der Waals surface area contributed by atoms with Crippen LogP contribution < -0.4 is 5.73 Å². The number of carboxylic acid groups (broad SMARTS) is 1. The molecule has 0 aromatic carbocycles. The Kier molecular flexibility index (Phi) is 8.40. The molecule has 0 heterocycles. The van der Waals surface area contributed by atoms with E-state index in [1.165, 1.54) is 0 Å². The van der Waals surface area contributed by atoms with Crippen molar-refractivity contribution in [3.05, 3.63) is 0 Å². The second kappa shape index (κ2) is 8.98. The van der Waals surface area contributed by atoms with Crippen molar-refractivity contribution in [2.24, 2.45) is 11.7 Å². The SMILES string of the molecule is CCCCC(CC)COC(=O)[C@@H](N)CC(=O)O. The lowest BCUT2D eigenvalue weighted by molar-refractivity contribution is -0.150. The van der Waals surface area contributed by atoms with Crippen LogP contribution in [0.4, 0.5) is 0 Å². The lowest BCUT2D eigenvalue weighted by atomic mass is 10.0. The fourth-order valence-electron chi connectivity index (χ4n) is 1.48. The van der Waals surface area contributed by atoms with Gasteiger partial charge in [-0.15, -0.1) is 0 Å². The molecule has 0 aromatic heterocycles. The molecule has 0 fully saturated rings. The fourth-order valence-corrected chi connectivity index (χ4v) is 1.48. The summed E-state index contributed by atoms with van der Waals surface area (Å²) in [6, 6.07) is -1.06. The number of carbonyl (C=O) groups excluding carboxylic acids is 1. The van der Waals surface area contributed by atoms with Gasteiger partial charge in [0.2, 0.25) is 0 Å². The van der Waals surface area contributed by atoms with Gasteiger partial charge in [-0.25, -0.2) is 0 Å². The number of carbonyl (C=O) groups is 2. The molecule has 2 atom stereocenters. The summed E-state index contributed by atoms with van der Waals surface area (Å²) < 4.78 is 5.03. The van der Waals surface area contributed by atoms with Crippen LogP contribution in [0.2, 0.25) is 0 Å². The summed E-state index contributed by atoms with van der Waals surface area (Å²) in [4.78, 5) is 21.7. The molecule has 0 saturated heterocycles. The van der Waals surface area contributed by atoms with Crippen molar-refractivity contribution in [1.82, 2.24) is 0 Å². The molecule has 0 amide bonds. The predicted molar refractivity (Wildman–Crippen MR) is 64.5 cm³/mol. The van der Waals surface area contributed by atoms with E-state index >= 15 is 0 Å². The Morgan fingerprint density at radius 2 is 2.00 bits per heavy atom. The third kappa shape index (κ3) is 7.74. The van der Waals surface area contributed by atoms with Crippen LogP contribution in [0, 0.1) is 5.92 Å². The zero-order valence-electron chi connectivity index (χ0n) is 10.6. The number of unbranched alkanes of at least 4 members (excludes halogenated alkanes) is 1. The van der Waals surface area contributed by atoms with Gasteiger partial charge in [0.25, 0.3) is 0 Å². The van der Waals surface area contributed by atoms with E-state index in [4.69, 9.17) is 15.6 Å². The molecule has 0 radical (unpaired) electrons. The van der Waals surface area contributed by atoms with Gasteiger partial charge >= 0.3 is 11.9 Å². The van der Waals surface area contributed by atoms with Gasteiger partial charge in [0.05, 0.1) is 13.0 Å². The molecule has 0 saturated carbocycles. The number of rotatable bonds is 9. The summed E-state index contributed by atoms with van der Waals surface area (Å²) in [6.45, 7) is 4.50. The van der Waals surface area contributed by atoms with Gasteiger partial charge in [-0.3, -0.25) is 9.59 Å². The van der Waals surface area contributed by atoms with Gasteiger partial charge < -0.3 is 15.6 Å². The summed E-state index contributed by atoms with van der Waals surface area (Å²) in [6.07, 6.45) is 3.81. The molecule has 100 valence electrons. The number of esters is 1. The van der Waals surface area contributed by atoms with Crippen molar-refractivity contribution in [1.29, 1.82) is 0 Å². The molecule has 0 aliphatic rings. The molecule has 0 spiro atoms. The van der Waals surface area contributed by atoms with Crippen molar-refractivity contribution in [2.45, 2.75) is 52.0 Å². The lowest BCUT2D eigenvalue weighted by Crippen LogP contribution is -2.35. The fraction of sp³-hybridized carbons (Fsp3) is 0.833. The van der Waals surface area contributed by atoms with Gasteiger partial charge in [-0.05, 0) is 12.3 Å². The zero-order valence-corrected chi connectivity index (χ0v) is 10.6. The summed E-state index contributed by atoms with van der Waals surface area (Å²) in [5, 5.41) is 8.48. The van der Waals surface area contributed by atoms with Crippen molar-refractivity contribution in [2.75, 3.05) is 6.61 Å². The Hall–Kier alpha value is -1.10. The van der Waals surface area contributed by atoms with Crippen LogP contribution in [0.1, 0.15) is 46.0 Å². The van der Waals surface area contributed by atoms with E-state index in [2.05, 4.69) is 6.92 Å². The second-order valence-corrected chi connectivity index (χ2v) is 4.25. The first-order chi connectivity index (χ1) is 8.01. The number of aliphatic carboxylic acids is 1. The van der Waals surface area contributed by atoms with Crippen molar-refractivity contribution >= 4 is 11.9 Å². The highest BCUT2D eigenvalue weighted by Gasteiger charge is 2.19. The van der Waals surface area contributed by atoms with E-state index in [1.54, 1.807) is 0 Å². The first-order valence-electron chi connectivity index (χ1n) is 6.15. The maximum Gasteiger partial charge on any atom is 0.323 e. The number of ether oxygens (including phenoxy) is 1. The number of nitrogens with two attached hydrogens (primary N) is 1. The molecule has 1 unspecified atom stereocenters. The smallest absolute Gasteiger partial charge is 0.323 e. The van der Waals surface area contributed by atoms with Gasteiger partial charge in [0.15, 0.2) is 0 Å². The quantitative estimate of drug-likeness (QED) is 0.601. The summed E-state index contributed by atoms with van der Waals surface area (Å²) in [7, 11) is 0. The maximum absolute atomic E-state index is 11.4. The van der Waals surface area contributed by atoms with E-state index in [9.17, 15) is 9.59 Å². The van der Waals surface area contributed by atoms with Crippen LogP contribution in [0.25, 0.3) is 0 Å². The monoisotopic (exact) mass is 245 g/mol. The first kappa shape index (κ1) is 15.9. The Morgan fingerprint density at radius 3 is 2.47 bits per heavy atom. The van der Waals surface area contributed by atoms with E-state index in [-0.39, 0.29) is 6.42 Å². The summed E-state index contributed by atoms with van der Waals surface area (Å²) in [5.41, 5.74) is 5.39. The molecule has 0 rings (SSSR count). The first-order valence-corrected chi connectivity index (χ1v) is 6.15. The summed E-state index contributed by atoms with van der Waals surface area (Å²) >= 11 is 0. The second-order valence-electron chi connectivity index (χ2n) is 4.25. The Labute approximate surface area is 102 Å². The van der Waals surface area contributed by atoms with Crippen LogP contribution in [0.15, 0.2) is 0 Å². The molecule has 3 N–H and O–H groups in total. The lowest BCUT2D eigenvalue weighted by Gasteiger charge is -2.16. The van der Waals surface area contributed by atoms with E-state index in [0.717, 1.165) is 25.7 Å².